The van der Waals surface area contributed by atoms with Crippen LogP contribution in [0, 0.1) is 0 Å². The second-order valence-corrected chi connectivity index (χ2v) is 10.5. The van der Waals surface area contributed by atoms with Crippen LogP contribution in [0.15, 0.2) is 87.1 Å². The van der Waals surface area contributed by atoms with Gasteiger partial charge in [-0.15, -0.1) is 0 Å². The van der Waals surface area contributed by atoms with Crippen LogP contribution in [0.1, 0.15) is 11.1 Å². The lowest BCUT2D eigenvalue weighted by Crippen LogP contribution is -2.27. The van der Waals surface area contributed by atoms with Crippen LogP contribution in [0.2, 0.25) is 0 Å². The highest BCUT2D eigenvalue weighted by atomic mass is 79.9. The van der Waals surface area contributed by atoms with Gasteiger partial charge in [0.2, 0.25) is 0 Å². The molecule has 1 saturated heterocycles. The predicted octanol–water partition coefficient (Wildman–Crippen LogP) is 5.46. The van der Waals surface area contributed by atoms with Crippen molar-refractivity contribution in [3.05, 3.63) is 93.3 Å². The fourth-order valence-corrected chi connectivity index (χ4v) is 5.39. The zero-order valence-electron chi connectivity index (χ0n) is 17.8. The summed E-state index contributed by atoms with van der Waals surface area (Å²) in [6.45, 7) is 0.135. The molecule has 0 aliphatic carbocycles. The number of halogens is 1. The van der Waals surface area contributed by atoms with Crippen LogP contribution in [-0.4, -0.2) is 31.6 Å². The third-order valence-corrected chi connectivity index (χ3v) is 7.81. The maximum atomic E-state index is 12.9. The second kappa shape index (κ2) is 10.0. The summed E-state index contributed by atoms with van der Waals surface area (Å²) in [5.41, 5.74) is 1.28. The van der Waals surface area contributed by atoms with Gasteiger partial charge in [0.05, 0.1) is 18.6 Å². The topological polar surface area (TPSA) is 90.0 Å². The molecule has 3 aromatic carbocycles. The Hall–Kier alpha value is -3.08. The van der Waals surface area contributed by atoms with Crippen molar-refractivity contribution in [1.82, 2.24) is 4.90 Å². The molecular weight excluding hydrogens is 542 g/mol. The van der Waals surface area contributed by atoms with E-state index in [1.54, 1.807) is 24.3 Å². The molecule has 1 aliphatic rings. The average Bonchev–Trinajstić information content (AvgIpc) is 3.08. The Morgan fingerprint density at radius 2 is 1.68 bits per heavy atom. The smallest absolute Gasteiger partial charge is 0.339 e. The van der Waals surface area contributed by atoms with Crippen molar-refractivity contribution in [1.29, 1.82) is 0 Å². The molecule has 0 aromatic heterocycles. The lowest BCUT2D eigenvalue weighted by atomic mass is 10.1. The lowest BCUT2D eigenvalue weighted by Gasteiger charge is -2.13. The number of amides is 2. The summed E-state index contributed by atoms with van der Waals surface area (Å²) in [7, 11) is -2.70. The molecular formula is C24H18BrNO6S2. The Morgan fingerprint density at radius 1 is 0.971 bits per heavy atom. The van der Waals surface area contributed by atoms with E-state index < -0.39 is 16.0 Å². The van der Waals surface area contributed by atoms with E-state index in [4.69, 9.17) is 8.92 Å². The highest BCUT2D eigenvalue weighted by Gasteiger charge is 2.35. The third-order valence-electron chi connectivity index (χ3n) is 4.88. The third kappa shape index (κ3) is 5.19. The Balaban J connectivity index is 1.60. The van der Waals surface area contributed by atoms with Gasteiger partial charge in [0.1, 0.15) is 4.90 Å². The van der Waals surface area contributed by atoms with Crippen molar-refractivity contribution in [3.63, 3.8) is 0 Å². The largest absolute Gasteiger partial charge is 0.493 e. The van der Waals surface area contributed by atoms with Crippen LogP contribution in [0.25, 0.3) is 6.08 Å². The summed E-state index contributed by atoms with van der Waals surface area (Å²) in [6, 6.07) is 19.7. The maximum Gasteiger partial charge on any atom is 0.339 e. The molecule has 0 atom stereocenters. The average molecular weight is 560 g/mol. The number of ether oxygens (including phenoxy) is 1. The zero-order chi connectivity index (χ0) is 24.3. The number of carbonyl (C=O) groups excluding carboxylic acids is 2. The van der Waals surface area contributed by atoms with E-state index in [1.807, 2.05) is 24.3 Å². The lowest BCUT2D eigenvalue weighted by molar-refractivity contribution is -0.123. The normalized spacial score (nSPS) is 15.1. The number of thioether (sulfide) groups is 1. The van der Waals surface area contributed by atoms with Gasteiger partial charge in [0.25, 0.3) is 11.1 Å². The number of nitrogens with zero attached hydrogens (tertiary/aromatic N) is 1. The van der Waals surface area contributed by atoms with Crippen LogP contribution in [0.3, 0.4) is 0 Å². The summed E-state index contributed by atoms with van der Waals surface area (Å²) in [5, 5.41) is -0.386. The first-order chi connectivity index (χ1) is 16.3. The molecule has 0 saturated carbocycles. The molecule has 0 radical (unpaired) electrons. The van der Waals surface area contributed by atoms with Gasteiger partial charge in [-0.05, 0) is 59.3 Å². The van der Waals surface area contributed by atoms with Gasteiger partial charge in [-0.1, -0.05) is 58.4 Å². The minimum Gasteiger partial charge on any atom is -0.493 e. The van der Waals surface area contributed by atoms with Gasteiger partial charge in [-0.3, -0.25) is 14.5 Å². The first kappa shape index (κ1) is 24.1. The SMILES string of the molecule is COc1ccc(/C=C2\SC(=O)N(Cc3ccccc3Br)C2=O)cc1OS(=O)(=O)c1ccccc1. The van der Waals surface area contributed by atoms with Gasteiger partial charge in [-0.2, -0.15) is 8.42 Å². The van der Waals surface area contributed by atoms with Crippen LogP contribution < -0.4 is 8.92 Å². The molecule has 0 bridgehead atoms. The fourth-order valence-electron chi connectivity index (χ4n) is 3.19. The molecule has 0 unspecified atom stereocenters. The van der Waals surface area contributed by atoms with E-state index >= 15 is 0 Å². The summed E-state index contributed by atoms with van der Waals surface area (Å²) in [6.07, 6.45) is 1.52. The van der Waals surface area contributed by atoms with Gasteiger partial charge >= 0.3 is 10.1 Å². The highest BCUT2D eigenvalue weighted by Crippen LogP contribution is 2.36. The number of methoxy groups -OCH3 is 1. The molecule has 7 nitrogen and oxygen atoms in total. The van der Waals surface area contributed by atoms with E-state index in [0.717, 1.165) is 26.7 Å². The minimum atomic E-state index is -4.10. The number of hydrogen-bond donors (Lipinski definition) is 0. The number of carbonyl (C=O) groups is 2. The summed E-state index contributed by atoms with van der Waals surface area (Å²) < 4.78 is 36.7. The molecule has 1 heterocycles. The zero-order valence-corrected chi connectivity index (χ0v) is 21.0. The molecule has 0 spiro atoms. The van der Waals surface area contributed by atoms with Crippen molar-refractivity contribution in [2.75, 3.05) is 7.11 Å². The fraction of sp³-hybridized carbons (Fsp3) is 0.0833. The second-order valence-electron chi connectivity index (χ2n) is 7.12. The first-order valence-electron chi connectivity index (χ1n) is 9.95. The number of imide groups is 1. The van der Waals surface area contributed by atoms with Crippen molar-refractivity contribution < 1.29 is 26.9 Å². The highest BCUT2D eigenvalue weighted by molar-refractivity contribution is 9.10. The Bertz CT molecular complexity index is 1390. The van der Waals surface area contributed by atoms with E-state index in [-0.39, 0.29) is 33.1 Å². The molecule has 4 rings (SSSR count). The maximum absolute atomic E-state index is 12.9. The molecule has 34 heavy (non-hydrogen) atoms. The van der Waals surface area contributed by atoms with Crippen molar-refractivity contribution in [3.8, 4) is 11.5 Å². The van der Waals surface area contributed by atoms with Gasteiger partial charge in [0, 0.05) is 4.47 Å². The molecule has 2 amide bonds. The van der Waals surface area contributed by atoms with Crippen molar-refractivity contribution >= 4 is 55.0 Å². The number of rotatable bonds is 7. The number of benzene rings is 3. The quantitative estimate of drug-likeness (QED) is 0.280. The molecule has 10 heteroatoms. The minimum absolute atomic E-state index is 0.00403. The van der Waals surface area contributed by atoms with Crippen molar-refractivity contribution in [2.45, 2.75) is 11.4 Å². The van der Waals surface area contributed by atoms with Crippen LogP contribution in [0.5, 0.6) is 11.5 Å². The molecule has 1 aliphatic heterocycles. The Kier molecular flexibility index (Phi) is 7.11. The molecule has 3 aromatic rings. The standard InChI is InChI=1S/C24H18BrNO6S2/c1-31-20-12-11-16(13-21(20)32-34(29,30)18-8-3-2-4-9-18)14-22-23(27)26(24(28)33-22)15-17-7-5-6-10-19(17)25/h2-14H,15H2,1H3/b22-14-. The van der Waals surface area contributed by atoms with E-state index in [9.17, 15) is 18.0 Å². The molecule has 0 N–H and O–H groups in total. The van der Waals surface area contributed by atoms with Gasteiger partial charge in [0.15, 0.2) is 11.5 Å². The first-order valence-corrected chi connectivity index (χ1v) is 13.0. The Labute approximate surface area is 209 Å². The monoisotopic (exact) mass is 559 g/mol. The molecule has 174 valence electrons. The van der Waals surface area contributed by atoms with Crippen molar-refractivity contribution in [2.24, 2.45) is 0 Å². The van der Waals surface area contributed by atoms with Crippen LogP contribution in [-0.2, 0) is 21.5 Å². The van der Waals surface area contributed by atoms with Crippen LogP contribution >= 0.6 is 27.7 Å². The van der Waals surface area contributed by atoms with E-state index in [0.29, 0.717) is 5.56 Å². The van der Waals surface area contributed by atoms with Crippen LogP contribution in [0.4, 0.5) is 4.79 Å². The van der Waals surface area contributed by atoms with Gasteiger partial charge in [-0.25, -0.2) is 0 Å². The summed E-state index contributed by atoms with van der Waals surface area (Å²) in [4.78, 5) is 26.8. The number of hydrogen-bond acceptors (Lipinski definition) is 7. The van der Waals surface area contributed by atoms with Gasteiger partial charge < -0.3 is 8.92 Å². The predicted molar refractivity (Wildman–Crippen MR) is 133 cm³/mol. The summed E-state index contributed by atoms with van der Waals surface area (Å²) >= 11 is 4.25. The van der Waals surface area contributed by atoms with E-state index in [2.05, 4.69) is 15.9 Å². The van der Waals surface area contributed by atoms with E-state index in [1.165, 1.54) is 37.5 Å². The Morgan fingerprint density at radius 3 is 2.38 bits per heavy atom. The molecule has 1 fully saturated rings. The summed E-state index contributed by atoms with van der Waals surface area (Å²) in [5.74, 6) is -0.257.